The maximum atomic E-state index is 12.0. The van der Waals surface area contributed by atoms with E-state index in [0.29, 0.717) is 22.7 Å². The van der Waals surface area contributed by atoms with Crippen LogP contribution in [0.15, 0.2) is 52.1 Å². The van der Waals surface area contributed by atoms with Crippen LogP contribution in [0.4, 0.5) is 0 Å². The van der Waals surface area contributed by atoms with Crippen LogP contribution in [0.25, 0.3) is 11.5 Å². The van der Waals surface area contributed by atoms with E-state index in [0.717, 1.165) is 11.1 Å². The molecule has 0 aliphatic heterocycles. The number of hydrogen-bond acceptors (Lipinski definition) is 5. The van der Waals surface area contributed by atoms with Crippen LogP contribution >= 0.6 is 23.4 Å². The van der Waals surface area contributed by atoms with Crippen LogP contribution in [0.5, 0.6) is 0 Å². The van der Waals surface area contributed by atoms with Gasteiger partial charge in [0.2, 0.25) is 11.8 Å². The number of carbonyl (C=O) groups excluding carboxylic acids is 1. The molecule has 1 N–H and O–H groups in total. The maximum absolute atomic E-state index is 12.0. The Bertz CT molecular complexity index is 909. The first-order valence-electron chi connectivity index (χ1n) is 8.06. The first-order valence-corrected chi connectivity index (χ1v) is 9.42. The third kappa shape index (κ3) is 4.86. The van der Waals surface area contributed by atoms with Gasteiger partial charge in [-0.2, -0.15) is 0 Å². The van der Waals surface area contributed by atoms with Gasteiger partial charge in [-0.05, 0) is 49.2 Å². The van der Waals surface area contributed by atoms with E-state index >= 15 is 0 Å². The number of hydrogen-bond donors (Lipinski definition) is 1. The first-order chi connectivity index (χ1) is 12.5. The molecule has 0 spiro atoms. The Labute approximate surface area is 161 Å². The molecule has 0 unspecified atom stereocenters. The number of rotatable bonds is 6. The maximum Gasteiger partial charge on any atom is 0.277 e. The second-order valence-electron chi connectivity index (χ2n) is 5.88. The molecular weight excluding hydrogens is 370 g/mol. The van der Waals surface area contributed by atoms with E-state index in [1.54, 1.807) is 24.3 Å². The lowest BCUT2D eigenvalue weighted by Gasteiger charge is -2.08. The largest absolute Gasteiger partial charge is 0.411 e. The summed E-state index contributed by atoms with van der Waals surface area (Å²) >= 11 is 7.08. The van der Waals surface area contributed by atoms with Crippen LogP contribution in [0.2, 0.25) is 5.02 Å². The van der Waals surface area contributed by atoms with Gasteiger partial charge in [0.05, 0.1) is 5.75 Å². The van der Waals surface area contributed by atoms with Gasteiger partial charge in [0.1, 0.15) is 0 Å². The first kappa shape index (κ1) is 18.5. The van der Waals surface area contributed by atoms with Gasteiger partial charge in [0, 0.05) is 17.1 Å². The summed E-state index contributed by atoms with van der Waals surface area (Å²) in [6.07, 6.45) is 0. The van der Waals surface area contributed by atoms with Crippen molar-refractivity contribution in [1.82, 2.24) is 15.5 Å². The van der Waals surface area contributed by atoms with Gasteiger partial charge in [-0.25, -0.2) is 0 Å². The van der Waals surface area contributed by atoms with Crippen molar-refractivity contribution in [2.24, 2.45) is 0 Å². The number of halogens is 1. The zero-order valence-corrected chi connectivity index (χ0v) is 16.0. The highest BCUT2D eigenvalue weighted by molar-refractivity contribution is 7.99. The quantitative estimate of drug-likeness (QED) is 0.634. The number of aromatic nitrogens is 2. The monoisotopic (exact) mass is 387 g/mol. The average molecular weight is 388 g/mol. The van der Waals surface area contributed by atoms with Gasteiger partial charge in [-0.15, -0.1) is 10.2 Å². The summed E-state index contributed by atoms with van der Waals surface area (Å²) in [5.74, 6) is 0.536. The molecule has 0 atom stereocenters. The normalized spacial score (nSPS) is 10.7. The molecule has 1 amide bonds. The third-order valence-electron chi connectivity index (χ3n) is 3.80. The van der Waals surface area contributed by atoms with Gasteiger partial charge in [-0.1, -0.05) is 47.1 Å². The number of thioether (sulfide) groups is 1. The third-order valence-corrected chi connectivity index (χ3v) is 4.87. The highest BCUT2D eigenvalue weighted by atomic mass is 35.5. The Kier molecular flexibility index (Phi) is 5.96. The lowest BCUT2D eigenvalue weighted by atomic mass is 10.1. The fourth-order valence-corrected chi connectivity index (χ4v) is 3.11. The molecule has 1 heterocycles. The number of carbonyl (C=O) groups is 1. The highest BCUT2D eigenvalue weighted by Gasteiger charge is 2.11. The lowest BCUT2D eigenvalue weighted by molar-refractivity contribution is -0.118. The number of aryl methyl sites for hydroxylation is 2. The van der Waals surface area contributed by atoms with Crippen molar-refractivity contribution in [3.05, 3.63) is 64.2 Å². The van der Waals surface area contributed by atoms with Crippen molar-refractivity contribution in [2.45, 2.75) is 25.6 Å². The van der Waals surface area contributed by atoms with Gasteiger partial charge >= 0.3 is 0 Å². The Morgan fingerprint density at radius 2 is 1.92 bits per heavy atom. The fraction of sp³-hybridized carbons (Fsp3) is 0.211. The Balaban J connectivity index is 1.51. The van der Waals surface area contributed by atoms with E-state index in [1.807, 2.05) is 19.1 Å². The predicted octanol–water partition coefficient (Wildman–Crippen LogP) is 4.42. The second-order valence-corrected chi connectivity index (χ2v) is 7.24. The minimum Gasteiger partial charge on any atom is -0.411 e. The molecule has 0 bridgehead atoms. The van der Waals surface area contributed by atoms with Crippen LogP contribution in [0.1, 0.15) is 16.7 Å². The molecule has 0 aliphatic carbocycles. The van der Waals surface area contributed by atoms with Gasteiger partial charge < -0.3 is 9.73 Å². The van der Waals surface area contributed by atoms with Gasteiger partial charge in [0.25, 0.3) is 5.22 Å². The molecule has 0 radical (unpaired) electrons. The summed E-state index contributed by atoms with van der Waals surface area (Å²) in [5.41, 5.74) is 4.27. The minimum absolute atomic E-state index is 0.0822. The van der Waals surface area contributed by atoms with Crippen molar-refractivity contribution >= 4 is 29.3 Å². The summed E-state index contributed by atoms with van der Waals surface area (Å²) in [6.45, 7) is 4.60. The minimum atomic E-state index is -0.0822. The summed E-state index contributed by atoms with van der Waals surface area (Å²) in [5, 5.41) is 11.9. The Morgan fingerprint density at radius 1 is 1.15 bits per heavy atom. The summed E-state index contributed by atoms with van der Waals surface area (Å²) in [4.78, 5) is 12.0. The van der Waals surface area contributed by atoms with Gasteiger partial charge in [0.15, 0.2) is 0 Å². The Hall–Kier alpha value is -2.31. The van der Waals surface area contributed by atoms with Crippen molar-refractivity contribution in [2.75, 3.05) is 5.75 Å². The molecule has 134 valence electrons. The topological polar surface area (TPSA) is 68.0 Å². The van der Waals surface area contributed by atoms with Gasteiger partial charge in [-0.3, -0.25) is 4.79 Å². The molecule has 0 saturated carbocycles. The molecule has 7 heteroatoms. The standard InChI is InChI=1S/C19H18ClN3O2S/c1-12-3-4-15(13(2)9-12)10-21-17(24)11-26-19-23-22-18(25-19)14-5-7-16(20)8-6-14/h3-9H,10-11H2,1-2H3,(H,21,24). The molecule has 0 saturated heterocycles. The smallest absolute Gasteiger partial charge is 0.277 e. The summed E-state index contributed by atoms with van der Waals surface area (Å²) in [7, 11) is 0. The van der Waals surface area contributed by atoms with Crippen molar-refractivity contribution in [3.8, 4) is 11.5 Å². The van der Waals surface area contributed by atoms with Crippen LogP contribution < -0.4 is 5.32 Å². The molecule has 26 heavy (non-hydrogen) atoms. The van der Waals surface area contributed by atoms with E-state index < -0.39 is 0 Å². The van der Waals surface area contributed by atoms with Crippen LogP contribution in [0.3, 0.4) is 0 Å². The molecule has 1 aromatic heterocycles. The molecular formula is C19H18ClN3O2S. The molecule has 5 nitrogen and oxygen atoms in total. The SMILES string of the molecule is Cc1ccc(CNC(=O)CSc2nnc(-c3ccc(Cl)cc3)o2)c(C)c1. The predicted molar refractivity (Wildman–Crippen MR) is 103 cm³/mol. The van der Waals surface area contributed by atoms with Crippen molar-refractivity contribution in [3.63, 3.8) is 0 Å². The second kappa shape index (κ2) is 8.38. The van der Waals surface area contributed by atoms with E-state index in [-0.39, 0.29) is 11.7 Å². The molecule has 3 rings (SSSR count). The van der Waals surface area contributed by atoms with Crippen LogP contribution in [0, 0.1) is 13.8 Å². The van der Waals surface area contributed by atoms with E-state index in [1.165, 1.54) is 22.9 Å². The molecule has 0 fully saturated rings. The Morgan fingerprint density at radius 3 is 2.65 bits per heavy atom. The van der Waals surface area contributed by atoms with E-state index in [4.69, 9.17) is 16.0 Å². The van der Waals surface area contributed by atoms with Crippen molar-refractivity contribution in [1.29, 1.82) is 0 Å². The zero-order valence-electron chi connectivity index (χ0n) is 14.5. The van der Waals surface area contributed by atoms with Crippen LogP contribution in [-0.2, 0) is 11.3 Å². The summed E-state index contributed by atoms with van der Waals surface area (Å²) < 4.78 is 5.57. The zero-order chi connectivity index (χ0) is 18.5. The van der Waals surface area contributed by atoms with Crippen molar-refractivity contribution < 1.29 is 9.21 Å². The van der Waals surface area contributed by atoms with Crippen LogP contribution in [-0.4, -0.2) is 21.9 Å². The molecule has 2 aromatic carbocycles. The number of nitrogens with one attached hydrogen (secondary N) is 1. The lowest BCUT2D eigenvalue weighted by Crippen LogP contribution is -2.24. The summed E-state index contributed by atoms with van der Waals surface area (Å²) in [6, 6.07) is 13.3. The number of amides is 1. The average Bonchev–Trinajstić information content (AvgIpc) is 3.09. The number of benzene rings is 2. The molecule has 3 aromatic rings. The van der Waals surface area contributed by atoms with E-state index in [9.17, 15) is 4.79 Å². The van der Waals surface area contributed by atoms with E-state index in [2.05, 4.69) is 28.5 Å². The fourth-order valence-electron chi connectivity index (χ4n) is 2.39. The molecule has 0 aliphatic rings. The highest BCUT2D eigenvalue weighted by Crippen LogP contribution is 2.24. The number of nitrogens with zero attached hydrogens (tertiary/aromatic N) is 2.